The van der Waals surface area contributed by atoms with Gasteiger partial charge in [-0.15, -0.1) is 11.3 Å². The minimum absolute atomic E-state index is 0.424. The lowest BCUT2D eigenvalue weighted by Gasteiger charge is -1.92. The normalized spacial score (nSPS) is 10.6. The molecular formula is C7H8N2O3S. The molecule has 0 aliphatic heterocycles. The van der Waals surface area contributed by atoms with Crippen molar-refractivity contribution in [1.29, 1.82) is 0 Å². The number of carbonyl (C=O) groups is 1. The van der Waals surface area contributed by atoms with Gasteiger partial charge in [-0.1, -0.05) is 5.16 Å². The molecule has 0 fully saturated rings. The summed E-state index contributed by atoms with van der Waals surface area (Å²) in [5.41, 5.74) is 0.576. The third-order valence-corrected chi connectivity index (χ3v) is 2.42. The van der Waals surface area contributed by atoms with Gasteiger partial charge in [0.05, 0.1) is 12.8 Å². The molecule has 1 aromatic heterocycles. The molecule has 0 spiro atoms. The Balaban J connectivity index is 3.02. The molecule has 70 valence electrons. The van der Waals surface area contributed by atoms with Gasteiger partial charge in [-0.05, 0) is 6.92 Å². The molecule has 0 radical (unpaired) electrons. The van der Waals surface area contributed by atoms with E-state index >= 15 is 0 Å². The summed E-state index contributed by atoms with van der Waals surface area (Å²) in [6.45, 7) is 1.69. The van der Waals surface area contributed by atoms with Crippen LogP contribution in [0.2, 0.25) is 0 Å². The Morgan fingerprint density at radius 3 is 3.00 bits per heavy atom. The number of esters is 1. The van der Waals surface area contributed by atoms with Crippen LogP contribution in [0.4, 0.5) is 0 Å². The summed E-state index contributed by atoms with van der Waals surface area (Å²) in [5, 5.41) is 11.5. The number of rotatable bonds is 2. The molecule has 0 saturated heterocycles. The highest BCUT2D eigenvalue weighted by Crippen LogP contribution is 2.17. The fourth-order valence-corrected chi connectivity index (χ4v) is 1.66. The molecule has 0 amide bonds. The average molecular weight is 200 g/mol. The Morgan fingerprint density at radius 2 is 2.46 bits per heavy atom. The molecule has 0 aliphatic rings. The van der Waals surface area contributed by atoms with Gasteiger partial charge in [0, 0.05) is 0 Å². The standard InChI is InChI=1S/C7H8N2O3S/c1-4-6(7(10)12-2)13-5(9-4)3-8-11/h3,11H,1-2H3/b8-3+. The first kappa shape index (κ1) is 9.66. The van der Waals surface area contributed by atoms with Crippen LogP contribution in [0.1, 0.15) is 20.4 Å². The zero-order chi connectivity index (χ0) is 9.84. The van der Waals surface area contributed by atoms with E-state index < -0.39 is 5.97 Å². The summed E-state index contributed by atoms with van der Waals surface area (Å²) < 4.78 is 4.53. The number of nitrogens with zero attached hydrogens (tertiary/aromatic N) is 2. The molecule has 6 heteroatoms. The Labute approximate surface area is 78.7 Å². The van der Waals surface area contributed by atoms with E-state index in [1.54, 1.807) is 6.92 Å². The second-order valence-corrected chi connectivity index (χ2v) is 3.23. The largest absolute Gasteiger partial charge is 0.465 e. The van der Waals surface area contributed by atoms with E-state index in [2.05, 4.69) is 14.9 Å². The van der Waals surface area contributed by atoms with Crippen molar-refractivity contribution in [3.8, 4) is 0 Å². The van der Waals surface area contributed by atoms with E-state index in [0.717, 1.165) is 11.3 Å². The van der Waals surface area contributed by atoms with Crippen molar-refractivity contribution in [2.24, 2.45) is 5.16 Å². The van der Waals surface area contributed by atoms with Crippen LogP contribution in [0.15, 0.2) is 5.16 Å². The summed E-state index contributed by atoms with van der Waals surface area (Å²) in [5.74, 6) is -0.424. The van der Waals surface area contributed by atoms with E-state index in [-0.39, 0.29) is 0 Å². The molecular weight excluding hydrogens is 192 g/mol. The number of carbonyl (C=O) groups excluding carboxylic acids is 1. The van der Waals surface area contributed by atoms with Crippen molar-refractivity contribution in [3.05, 3.63) is 15.6 Å². The van der Waals surface area contributed by atoms with E-state index in [1.807, 2.05) is 0 Å². The predicted octanol–water partition coefficient (Wildman–Crippen LogP) is 1.05. The number of aromatic nitrogens is 1. The SMILES string of the molecule is COC(=O)c1sc(/C=N/O)nc1C. The second-order valence-electron chi connectivity index (χ2n) is 2.20. The molecule has 1 rings (SSSR count). The van der Waals surface area contributed by atoms with Crippen LogP contribution in [0.25, 0.3) is 0 Å². The molecule has 0 aliphatic carbocycles. The van der Waals surface area contributed by atoms with Crippen LogP contribution in [0.3, 0.4) is 0 Å². The number of thiazole rings is 1. The average Bonchev–Trinajstić information content (AvgIpc) is 2.46. The first-order valence-electron chi connectivity index (χ1n) is 3.42. The maximum atomic E-state index is 11.1. The van der Waals surface area contributed by atoms with Gasteiger partial charge in [-0.25, -0.2) is 9.78 Å². The van der Waals surface area contributed by atoms with E-state index in [0.29, 0.717) is 15.6 Å². The number of hydrogen-bond acceptors (Lipinski definition) is 6. The lowest BCUT2D eigenvalue weighted by atomic mass is 10.4. The van der Waals surface area contributed by atoms with E-state index in [9.17, 15) is 4.79 Å². The zero-order valence-corrected chi connectivity index (χ0v) is 7.96. The van der Waals surface area contributed by atoms with Crippen molar-refractivity contribution in [3.63, 3.8) is 0 Å². The lowest BCUT2D eigenvalue weighted by molar-refractivity contribution is 0.0605. The highest BCUT2D eigenvalue weighted by molar-refractivity contribution is 7.15. The Kier molecular flexibility index (Phi) is 2.97. The zero-order valence-electron chi connectivity index (χ0n) is 7.14. The number of aryl methyl sites for hydroxylation is 1. The van der Waals surface area contributed by atoms with Gasteiger partial charge < -0.3 is 9.94 Å². The molecule has 0 saturated carbocycles. The summed E-state index contributed by atoms with van der Waals surface area (Å²) in [6, 6.07) is 0. The number of methoxy groups -OCH3 is 1. The minimum atomic E-state index is -0.424. The molecule has 1 heterocycles. The minimum Gasteiger partial charge on any atom is -0.465 e. The van der Waals surface area contributed by atoms with E-state index in [4.69, 9.17) is 5.21 Å². The quantitative estimate of drug-likeness (QED) is 0.335. The van der Waals surface area contributed by atoms with Gasteiger partial charge in [0.15, 0.2) is 0 Å². The van der Waals surface area contributed by atoms with Crippen LogP contribution in [-0.4, -0.2) is 29.5 Å². The highest BCUT2D eigenvalue weighted by Gasteiger charge is 2.14. The molecule has 0 unspecified atom stereocenters. The molecule has 0 atom stereocenters. The molecule has 0 aromatic carbocycles. The number of oxime groups is 1. The third kappa shape index (κ3) is 2.03. The van der Waals surface area contributed by atoms with Crippen LogP contribution in [0, 0.1) is 6.92 Å². The van der Waals surface area contributed by atoms with Gasteiger partial charge in [0.1, 0.15) is 16.1 Å². The van der Waals surface area contributed by atoms with Gasteiger partial charge in [-0.3, -0.25) is 0 Å². The molecule has 1 aromatic rings. The van der Waals surface area contributed by atoms with Crippen molar-refractivity contribution in [2.45, 2.75) is 6.92 Å². The van der Waals surface area contributed by atoms with E-state index in [1.165, 1.54) is 13.3 Å². The number of hydrogen-bond donors (Lipinski definition) is 1. The van der Waals surface area contributed by atoms with Crippen LogP contribution in [0.5, 0.6) is 0 Å². The summed E-state index contributed by atoms with van der Waals surface area (Å²) in [4.78, 5) is 15.5. The van der Waals surface area contributed by atoms with Crippen molar-refractivity contribution < 1.29 is 14.7 Å². The maximum absolute atomic E-state index is 11.1. The molecule has 1 N–H and O–H groups in total. The fourth-order valence-electron chi connectivity index (χ4n) is 0.804. The summed E-state index contributed by atoms with van der Waals surface area (Å²) in [7, 11) is 1.31. The molecule has 0 bridgehead atoms. The third-order valence-electron chi connectivity index (χ3n) is 1.35. The molecule has 13 heavy (non-hydrogen) atoms. The van der Waals surface area contributed by atoms with Crippen molar-refractivity contribution in [2.75, 3.05) is 7.11 Å². The second kappa shape index (κ2) is 3.99. The van der Waals surface area contributed by atoms with Crippen molar-refractivity contribution in [1.82, 2.24) is 4.98 Å². The van der Waals surface area contributed by atoms with Crippen LogP contribution < -0.4 is 0 Å². The highest BCUT2D eigenvalue weighted by atomic mass is 32.1. The monoisotopic (exact) mass is 200 g/mol. The van der Waals surface area contributed by atoms with Gasteiger partial charge in [0.2, 0.25) is 0 Å². The summed E-state index contributed by atoms with van der Waals surface area (Å²) >= 11 is 1.12. The van der Waals surface area contributed by atoms with Gasteiger partial charge in [0.25, 0.3) is 0 Å². The fraction of sp³-hybridized carbons (Fsp3) is 0.286. The Bertz CT molecular complexity index is 346. The molecule has 5 nitrogen and oxygen atoms in total. The topological polar surface area (TPSA) is 71.8 Å². The van der Waals surface area contributed by atoms with Gasteiger partial charge >= 0.3 is 5.97 Å². The van der Waals surface area contributed by atoms with Gasteiger partial charge in [-0.2, -0.15) is 0 Å². The number of ether oxygens (including phenoxy) is 1. The first-order chi connectivity index (χ1) is 6.19. The Morgan fingerprint density at radius 1 is 1.77 bits per heavy atom. The predicted molar refractivity (Wildman–Crippen MR) is 47.6 cm³/mol. The van der Waals surface area contributed by atoms with Crippen LogP contribution in [-0.2, 0) is 4.74 Å². The van der Waals surface area contributed by atoms with Crippen LogP contribution >= 0.6 is 11.3 Å². The summed E-state index contributed by atoms with van der Waals surface area (Å²) in [6.07, 6.45) is 1.17. The smallest absolute Gasteiger partial charge is 0.349 e. The Hall–Kier alpha value is -1.43. The lowest BCUT2D eigenvalue weighted by Crippen LogP contribution is -1.99. The first-order valence-corrected chi connectivity index (χ1v) is 4.24. The maximum Gasteiger partial charge on any atom is 0.349 e. The van der Waals surface area contributed by atoms with Crippen molar-refractivity contribution >= 4 is 23.5 Å².